The van der Waals surface area contributed by atoms with Crippen LogP contribution in [0.3, 0.4) is 0 Å². The number of pyridine rings is 1. The van der Waals surface area contributed by atoms with Crippen LogP contribution in [0.1, 0.15) is 18.2 Å². The van der Waals surface area contributed by atoms with Crippen LogP contribution in [0.5, 0.6) is 0 Å². The first kappa shape index (κ1) is 14.1. The van der Waals surface area contributed by atoms with Gasteiger partial charge in [0, 0.05) is 12.7 Å². The van der Waals surface area contributed by atoms with E-state index in [9.17, 15) is 0 Å². The molecular formula is C12H14BrN5S. The molecule has 19 heavy (non-hydrogen) atoms. The Morgan fingerprint density at radius 1 is 1.37 bits per heavy atom. The quantitative estimate of drug-likeness (QED) is 0.685. The highest BCUT2D eigenvalue weighted by atomic mass is 79.9. The van der Waals surface area contributed by atoms with E-state index in [1.807, 2.05) is 16.7 Å². The van der Waals surface area contributed by atoms with E-state index >= 15 is 0 Å². The highest BCUT2D eigenvalue weighted by Gasteiger charge is 2.05. The summed E-state index contributed by atoms with van der Waals surface area (Å²) in [6.07, 6.45) is 2.57. The van der Waals surface area contributed by atoms with Gasteiger partial charge in [-0.3, -0.25) is 0 Å². The summed E-state index contributed by atoms with van der Waals surface area (Å²) < 4.78 is 3.18. The Labute approximate surface area is 125 Å². The Bertz CT molecular complexity index is 640. The lowest BCUT2D eigenvalue weighted by Crippen LogP contribution is -2.09. The predicted octanol–water partition coefficient (Wildman–Crippen LogP) is 2.82. The van der Waals surface area contributed by atoms with Crippen molar-refractivity contribution in [1.82, 2.24) is 19.5 Å². The predicted molar refractivity (Wildman–Crippen MR) is 80.8 cm³/mol. The lowest BCUT2D eigenvalue weighted by molar-refractivity contribution is 0.714. The van der Waals surface area contributed by atoms with Crippen LogP contribution in [0, 0.1) is 4.77 Å². The van der Waals surface area contributed by atoms with E-state index in [-0.39, 0.29) is 0 Å². The molecular weight excluding hydrogens is 326 g/mol. The second-order valence-corrected chi connectivity index (χ2v) is 5.11. The number of hydrogen-bond donors (Lipinski definition) is 1. The molecule has 0 spiro atoms. The average molecular weight is 340 g/mol. The van der Waals surface area contributed by atoms with Crippen LogP contribution >= 0.6 is 28.1 Å². The molecule has 1 N–H and O–H groups in total. The van der Waals surface area contributed by atoms with Gasteiger partial charge in [-0.15, -0.1) is 0 Å². The van der Waals surface area contributed by atoms with Crippen molar-refractivity contribution < 1.29 is 0 Å². The number of rotatable bonds is 4. The number of aryl methyl sites for hydroxylation is 1. The molecule has 5 nitrogen and oxygen atoms in total. The third kappa shape index (κ3) is 3.36. The van der Waals surface area contributed by atoms with E-state index in [4.69, 9.17) is 12.2 Å². The number of hydrogen-bond acceptors (Lipinski definition) is 5. The van der Waals surface area contributed by atoms with E-state index in [2.05, 4.69) is 43.1 Å². The minimum Gasteiger partial charge on any atom is -0.357 e. The number of halogens is 1. The molecule has 7 heteroatoms. The van der Waals surface area contributed by atoms with Gasteiger partial charge in [0.15, 0.2) is 0 Å². The third-order valence-corrected chi connectivity index (χ3v) is 3.47. The van der Waals surface area contributed by atoms with E-state index < -0.39 is 0 Å². The van der Waals surface area contributed by atoms with Crippen molar-refractivity contribution in [2.75, 3.05) is 12.4 Å². The zero-order valence-electron chi connectivity index (χ0n) is 10.7. The van der Waals surface area contributed by atoms with Gasteiger partial charge in [-0.2, -0.15) is 4.98 Å². The monoisotopic (exact) mass is 339 g/mol. The average Bonchev–Trinajstić information content (AvgIpc) is 2.42. The molecule has 0 aliphatic rings. The van der Waals surface area contributed by atoms with Crippen molar-refractivity contribution >= 4 is 34.1 Å². The largest absolute Gasteiger partial charge is 0.357 e. The van der Waals surface area contributed by atoms with Crippen LogP contribution < -0.4 is 5.32 Å². The van der Waals surface area contributed by atoms with Crippen molar-refractivity contribution in [3.8, 4) is 0 Å². The molecule has 0 amide bonds. The number of anilines is 1. The minimum atomic E-state index is 0.504. The van der Waals surface area contributed by atoms with E-state index in [1.54, 1.807) is 13.4 Å². The van der Waals surface area contributed by atoms with Gasteiger partial charge < -0.3 is 9.88 Å². The first-order chi connectivity index (χ1) is 9.13. The Balaban J connectivity index is 2.33. The first-order valence-corrected chi connectivity index (χ1v) is 7.09. The summed E-state index contributed by atoms with van der Waals surface area (Å²) in [6, 6.07) is 3.98. The summed E-state index contributed by atoms with van der Waals surface area (Å²) in [5, 5.41) is 2.87. The van der Waals surface area contributed by atoms with Crippen LogP contribution in [0.4, 0.5) is 5.95 Å². The van der Waals surface area contributed by atoms with Crippen LogP contribution in [-0.4, -0.2) is 26.6 Å². The molecule has 0 aliphatic heterocycles. The van der Waals surface area contributed by atoms with Gasteiger partial charge in [-0.05, 0) is 46.2 Å². The fourth-order valence-corrected chi connectivity index (χ4v) is 2.27. The Morgan fingerprint density at radius 2 is 2.16 bits per heavy atom. The normalized spacial score (nSPS) is 10.5. The molecule has 0 bridgehead atoms. The molecule has 0 fully saturated rings. The summed E-state index contributed by atoms with van der Waals surface area (Å²) in [6.45, 7) is 2.71. The van der Waals surface area contributed by atoms with Gasteiger partial charge in [-0.25, -0.2) is 9.97 Å². The van der Waals surface area contributed by atoms with Crippen LogP contribution in [-0.2, 0) is 13.0 Å². The van der Waals surface area contributed by atoms with Gasteiger partial charge in [0.2, 0.25) is 10.7 Å². The second kappa shape index (κ2) is 6.21. The van der Waals surface area contributed by atoms with Crippen molar-refractivity contribution in [3.63, 3.8) is 0 Å². The summed E-state index contributed by atoms with van der Waals surface area (Å²) >= 11 is 8.64. The molecule has 0 saturated heterocycles. The van der Waals surface area contributed by atoms with Gasteiger partial charge >= 0.3 is 0 Å². The number of nitrogens with one attached hydrogen (secondary N) is 1. The van der Waals surface area contributed by atoms with Crippen LogP contribution in [0.15, 0.2) is 23.1 Å². The van der Waals surface area contributed by atoms with Crippen molar-refractivity contribution in [1.29, 1.82) is 0 Å². The smallest absolute Gasteiger partial charge is 0.226 e. The Morgan fingerprint density at radius 3 is 2.79 bits per heavy atom. The molecule has 2 rings (SSSR count). The maximum absolute atomic E-state index is 5.25. The van der Waals surface area contributed by atoms with Gasteiger partial charge in [0.05, 0.1) is 6.54 Å². The minimum absolute atomic E-state index is 0.504. The molecule has 100 valence electrons. The fraction of sp³-hybridized carbons (Fsp3) is 0.333. The zero-order valence-corrected chi connectivity index (χ0v) is 13.1. The van der Waals surface area contributed by atoms with E-state index in [0.717, 1.165) is 22.3 Å². The molecule has 0 aromatic carbocycles. The molecule has 2 aromatic heterocycles. The van der Waals surface area contributed by atoms with Gasteiger partial charge in [-0.1, -0.05) is 13.0 Å². The first-order valence-electron chi connectivity index (χ1n) is 5.89. The van der Waals surface area contributed by atoms with Gasteiger partial charge in [0.1, 0.15) is 10.9 Å². The Hall–Kier alpha value is -1.34. The van der Waals surface area contributed by atoms with Crippen molar-refractivity contribution in [2.45, 2.75) is 19.9 Å². The van der Waals surface area contributed by atoms with E-state index in [1.165, 1.54) is 0 Å². The van der Waals surface area contributed by atoms with Crippen LogP contribution in [0.2, 0.25) is 0 Å². The molecule has 2 aromatic rings. The SMILES string of the molecule is CCc1nc(Br)ccc1Cn1cnc(NC)nc1=S. The summed E-state index contributed by atoms with van der Waals surface area (Å²) in [5.41, 5.74) is 2.18. The summed E-state index contributed by atoms with van der Waals surface area (Å²) in [4.78, 5) is 12.8. The molecule has 0 radical (unpaired) electrons. The molecule has 0 atom stereocenters. The highest BCUT2D eigenvalue weighted by molar-refractivity contribution is 9.10. The maximum Gasteiger partial charge on any atom is 0.226 e. The second-order valence-electron chi connectivity index (χ2n) is 3.93. The molecule has 0 saturated carbocycles. The third-order valence-electron chi connectivity index (χ3n) is 2.70. The highest BCUT2D eigenvalue weighted by Crippen LogP contribution is 2.14. The Kier molecular flexibility index (Phi) is 4.60. The maximum atomic E-state index is 5.25. The van der Waals surface area contributed by atoms with Crippen LogP contribution in [0.25, 0.3) is 0 Å². The summed E-state index contributed by atoms with van der Waals surface area (Å²) in [7, 11) is 1.77. The molecule has 2 heterocycles. The lowest BCUT2D eigenvalue weighted by Gasteiger charge is -2.10. The lowest BCUT2D eigenvalue weighted by atomic mass is 10.1. The zero-order chi connectivity index (χ0) is 13.8. The molecule has 0 aliphatic carbocycles. The van der Waals surface area contributed by atoms with Gasteiger partial charge in [0.25, 0.3) is 0 Å². The molecule has 0 unspecified atom stereocenters. The summed E-state index contributed by atoms with van der Waals surface area (Å²) in [5.74, 6) is 0.533. The standard InChI is InChI=1S/C12H14BrN5S/c1-3-9-8(4-5-10(13)16-9)6-18-7-15-11(14-2)17-12(18)19/h4-5,7H,3,6H2,1-2H3,(H,14,17,19). The topological polar surface area (TPSA) is 55.6 Å². The number of nitrogens with zero attached hydrogens (tertiary/aromatic N) is 4. The number of aromatic nitrogens is 4. The van der Waals surface area contributed by atoms with E-state index in [0.29, 0.717) is 17.3 Å². The fourth-order valence-electron chi connectivity index (χ4n) is 1.72. The van der Waals surface area contributed by atoms with Crippen molar-refractivity contribution in [2.24, 2.45) is 0 Å². The van der Waals surface area contributed by atoms with Crippen molar-refractivity contribution in [3.05, 3.63) is 39.1 Å².